The van der Waals surface area contributed by atoms with Crippen LogP contribution in [0.1, 0.15) is 27.1 Å². The van der Waals surface area contributed by atoms with Gasteiger partial charge in [0, 0.05) is 16.5 Å². The lowest BCUT2D eigenvalue weighted by atomic mass is 10.2. The van der Waals surface area contributed by atoms with E-state index in [-0.39, 0.29) is 18.6 Å². The molecule has 1 aliphatic heterocycles. The number of esters is 2. The SMILES string of the molecule is O=C(O)c1ccc(Cl)cc1.O=C(OCC1CC(O)C(=O)O1)c1ccc(Cl)cc1. The molecule has 28 heavy (non-hydrogen) atoms. The molecule has 0 aromatic heterocycles. The fraction of sp³-hybridized carbons (Fsp3) is 0.211. The molecule has 9 heteroatoms. The van der Waals surface area contributed by atoms with Gasteiger partial charge in [0.2, 0.25) is 0 Å². The summed E-state index contributed by atoms with van der Waals surface area (Å²) < 4.78 is 9.77. The molecule has 2 aromatic rings. The Bertz CT molecular complexity index is 834. The Balaban J connectivity index is 0.000000237. The first-order chi connectivity index (χ1) is 13.3. The number of aromatic carboxylic acids is 1. The average molecular weight is 427 g/mol. The Kier molecular flexibility index (Phi) is 7.80. The number of hydrogen-bond acceptors (Lipinski definition) is 6. The molecule has 0 aliphatic carbocycles. The van der Waals surface area contributed by atoms with Gasteiger partial charge in [-0.1, -0.05) is 23.2 Å². The molecule has 0 spiro atoms. The number of carbonyl (C=O) groups excluding carboxylic acids is 2. The van der Waals surface area contributed by atoms with Crippen molar-refractivity contribution in [3.8, 4) is 0 Å². The average Bonchev–Trinajstić information content (AvgIpc) is 2.99. The molecular weight excluding hydrogens is 411 g/mol. The molecule has 2 unspecified atom stereocenters. The molecule has 148 valence electrons. The minimum absolute atomic E-state index is 0.0652. The zero-order valence-electron chi connectivity index (χ0n) is 14.4. The molecule has 0 radical (unpaired) electrons. The van der Waals surface area contributed by atoms with Crippen LogP contribution in [0.2, 0.25) is 10.0 Å². The number of aliphatic hydroxyl groups excluding tert-OH is 1. The maximum Gasteiger partial charge on any atom is 0.338 e. The molecule has 0 saturated carbocycles. The number of benzene rings is 2. The van der Waals surface area contributed by atoms with E-state index in [0.29, 0.717) is 15.6 Å². The second kappa shape index (κ2) is 10.1. The summed E-state index contributed by atoms with van der Waals surface area (Å²) in [6.07, 6.45) is -1.56. The van der Waals surface area contributed by atoms with Crippen LogP contribution in [0.5, 0.6) is 0 Å². The molecule has 7 nitrogen and oxygen atoms in total. The number of carboxylic acids is 1. The normalized spacial score (nSPS) is 17.9. The zero-order chi connectivity index (χ0) is 20.7. The van der Waals surface area contributed by atoms with Crippen LogP contribution in [0.25, 0.3) is 0 Å². The summed E-state index contributed by atoms with van der Waals surface area (Å²) in [4.78, 5) is 32.8. The third kappa shape index (κ3) is 6.53. The Morgan fingerprint density at radius 2 is 1.50 bits per heavy atom. The van der Waals surface area contributed by atoms with Gasteiger partial charge in [-0.05, 0) is 48.5 Å². The fourth-order valence-electron chi connectivity index (χ4n) is 2.17. The van der Waals surface area contributed by atoms with Gasteiger partial charge in [0.1, 0.15) is 12.7 Å². The lowest BCUT2D eigenvalue weighted by molar-refractivity contribution is -0.148. The molecule has 0 bridgehead atoms. The van der Waals surface area contributed by atoms with Crippen LogP contribution in [-0.4, -0.2) is 46.9 Å². The van der Waals surface area contributed by atoms with Gasteiger partial charge in [-0.2, -0.15) is 0 Å². The second-order valence-electron chi connectivity index (χ2n) is 5.73. The summed E-state index contributed by atoms with van der Waals surface area (Å²) in [5.74, 6) is -2.14. The third-order valence-electron chi connectivity index (χ3n) is 3.61. The van der Waals surface area contributed by atoms with Crippen LogP contribution in [0.3, 0.4) is 0 Å². The van der Waals surface area contributed by atoms with Crippen molar-refractivity contribution in [2.45, 2.75) is 18.6 Å². The Hall–Kier alpha value is -2.61. The van der Waals surface area contributed by atoms with Crippen LogP contribution in [0, 0.1) is 0 Å². The van der Waals surface area contributed by atoms with Gasteiger partial charge in [-0.3, -0.25) is 0 Å². The van der Waals surface area contributed by atoms with Crippen molar-refractivity contribution in [1.82, 2.24) is 0 Å². The minimum Gasteiger partial charge on any atom is -0.478 e. The Morgan fingerprint density at radius 3 is 1.93 bits per heavy atom. The molecule has 1 heterocycles. The summed E-state index contributed by atoms with van der Waals surface area (Å²) in [6, 6.07) is 12.3. The van der Waals surface area contributed by atoms with E-state index in [1.54, 1.807) is 36.4 Å². The predicted molar refractivity (Wildman–Crippen MR) is 101 cm³/mol. The van der Waals surface area contributed by atoms with Crippen LogP contribution in [0.4, 0.5) is 0 Å². The van der Waals surface area contributed by atoms with Crippen molar-refractivity contribution in [2.75, 3.05) is 6.61 Å². The van der Waals surface area contributed by atoms with E-state index >= 15 is 0 Å². The fourth-order valence-corrected chi connectivity index (χ4v) is 2.42. The first-order valence-corrected chi connectivity index (χ1v) is 8.82. The summed E-state index contributed by atoms with van der Waals surface area (Å²) in [5, 5.41) is 18.7. The van der Waals surface area contributed by atoms with Crippen LogP contribution in [-0.2, 0) is 14.3 Å². The molecule has 1 fully saturated rings. The van der Waals surface area contributed by atoms with Crippen molar-refractivity contribution in [1.29, 1.82) is 0 Å². The molecule has 2 N–H and O–H groups in total. The molecule has 1 aliphatic rings. The van der Waals surface area contributed by atoms with Crippen molar-refractivity contribution < 1.29 is 34.1 Å². The zero-order valence-corrected chi connectivity index (χ0v) is 15.9. The monoisotopic (exact) mass is 426 g/mol. The maximum absolute atomic E-state index is 11.6. The molecule has 3 rings (SSSR count). The number of aliphatic hydroxyl groups is 1. The predicted octanol–water partition coefficient (Wildman–Crippen LogP) is 3.21. The van der Waals surface area contributed by atoms with E-state index in [1.807, 2.05) is 0 Å². The smallest absolute Gasteiger partial charge is 0.338 e. The summed E-state index contributed by atoms with van der Waals surface area (Å²) in [5.41, 5.74) is 0.619. The van der Waals surface area contributed by atoms with Crippen LogP contribution >= 0.6 is 23.2 Å². The second-order valence-corrected chi connectivity index (χ2v) is 6.60. The van der Waals surface area contributed by atoms with Crippen molar-refractivity contribution in [3.05, 3.63) is 69.7 Å². The van der Waals surface area contributed by atoms with E-state index < -0.39 is 30.1 Å². The number of carbonyl (C=O) groups is 3. The van der Waals surface area contributed by atoms with Gasteiger partial charge in [0.25, 0.3) is 0 Å². The van der Waals surface area contributed by atoms with E-state index in [0.717, 1.165) is 0 Å². The maximum atomic E-state index is 11.6. The standard InChI is InChI=1S/C12H11ClO5.C7H5ClO2/c13-8-3-1-7(2-4-8)11(15)17-6-9-5-10(14)12(16)18-9;8-6-3-1-5(2-4-6)7(9)10/h1-4,9-10,14H,5-6H2;1-4H,(H,9,10). The quantitative estimate of drug-likeness (QED) is 0.721. The van der Waals surface area contributed by atoms with E-state index in [2.05, 4.69) is 0 Å². The first-order valence-electron chi connectivity index (χ1n) is 8.06. The number of ether oxygens (including phenoxy) is 2. The van der Waals surface area contributed by atoms with Gasteiger partial charge < -0.3 is 19.7 Å². The van der Waals surface area contributed by atoms with Gasteiger partial charge >= 0.3 is 17.9 Å². The Labute approximate surface area is 170 Å². The lowest BCUT2D eigenvalue weighted by Crippen LogP contribution is -2.18. The topological polar surface area (TPSA) is 110 Å². The molecule has 0 amide bonds. The molecule has 2 atom stereocenters. The highest BCUT2D eigenvalue weighted by Crippen LogP contribution is 2.16. The summed E-state index contributed by atoms with van der Waals surface area (Å²) >= 11 is 11.2. The van der Waals surface area contributed by atoms with Crippen LogP contribution < -0.4 is 0 Å². The molecule has 1 saturated heterocycles. The number of cyclic esters (lactones) is 1. The highest BCUT2D eigenvalue weighted by molar-refractivity contribution is 6.30. The Morgan fingerprint density at radius 1 is 1.00 bits per heavy atom. The first kappa shape index (κ1) is 21.7. The van der Waals surface area contributed by atoms with Crippen LogP contribution in [0.15, 0.2) is 48.5 Å². The molecular formula is C19H16Cl2O7. The number of rotatable bonds is 4. The number of halogens is 2. The van der Waals surface area contributed by atoms with E-state index in [1.165, 1.54) is 12.1 Å². The van der Waals surface area contributed by atoms with E-state index in [9.17, 15) is 14.4 Å². The van der Waals surface area contributed by atoms with E-state index in [4.69, 9.17) is 42.9 Å². The van der Waals surface area contributed by atoms with Crippen molar-refractivity contribution in [2.24, 2.45) is 0 Å². The lowest BCUT2D eigenvalue weighted by Gasteiger charge is -2.09. The van der Waals surface area contributed by atoms with Gasteiger partial charge in [0.05, 0.1) is 11.1 Å². The van der Waals surface area contributed by atoms with Crippen molar-refractivity contribution >= 4 is 41.1 Å². The summed E-state index contributed by atoms with van der Waals surface area (Å²) in [6.45, 7) is -0.0652. The minimum atomic E-state index is -1.12. The van der Waals surface area contributed by atoms with Crippen molar-refractivity contribution in [3.63, 3.8) is 0 Å². The van der Waals surface area contributed by atoms with Gasteiger partial charge in [0.15, 0.2) is 6.10 Å². The largest absolute Gasteiger partial charge is 0.478 e. The number of carboxylic acid groups (broad SMARTS) is 1. The molecule has 2 aromatic carbocycles. The summed E-state index contributed by atoms with van der Waals surface area (Å²) in [7, 11) is 0. The third-order valence-corrected chi connectivity index (χ3v) is 4.12. The van der Waals surface area contributed by atoms with Gasteiger partial charge in [-0.25, -0.2) is 14.4 Å². The van der Waals surface area contributed by atoms with Gasteiger partial charge in [-0.15, -0.1) is 0 Å². The highest BCUT2D eigenvalue weighted by atomic mass is 35.5. The highest BCUT2D eigenvalue weighted by Gasteiger charge is 2.33. The number of hydrogen-bond donors (Lipinski definition) is 2.